The molecule has 119 valence electrons. The Hall–Kier alpha value is -2.81. The minimum Gasteiger partial charge on any atom is -0.369 e. The molecule has 0 aliphatic heterocycles. The Labute approximate surface area is 134 Å². The summed E-state index contributed by atoms with van der Waals surface area (Å²) >= 11 is 0. The highest BCUT2D eigenvalue weighted by Gasteiger charge is 2.16. The van der Waals surface area contributed by atoms with E-state index in [1.165, 1.54) is 6.42 Å². The summed E-state index contributed by atoms with van der Waals surface area (Å²) < 4.78 is 0. The van der Waals surface area contributed by atoms with E-state index in [2.05, 4.69) is 16.4 Å². The van der Waals surface area contributed by atoms with Gasteiger partial charge in [0.05, 0.1) is 12.5 Å². The Bertz CT molecular complexity index is 744. The molecule has 0 bridgehead atoms. The zero-order valence-electron chi connectivity index (χ0n) is 12.9. The van der Waals surface area contributed by atoms with Gasteiger partial charge in [-0.3, -0.25) is 9.59 Å². The summed E-state index contributed by atoms with van der Waals surface area (Å²) in [6.07, 6.45) is 3.87. The van der Waals surface area contributed by atoms with Crippen LogP contribution in [0.4, 0.5) is 0 Å². The fourth-order valence-electron chi connectivity index (χ4n) is 2.28. The molecule has 6 nitrogen and oxygen atoms in total. The molecule has 2 rings (SSSR count). The van der Waals surface area contributed by atoms with Crippen molar-refractivity contribution in [1.29, 1.82) is 5.26 Å². The van der Waals surface area contributed by atoms with Gasteiger partial charge in [0.1, 0.15) is 6.04 Å². The number of hydrogen-bond acceptors (Lipinski definition) is 3. The zero-order chi connectivity index (χ0) is 16.8. The van der Waals surface area contributed by atoms with E-state index in [4.69, 9.17) is 5.73 Å². The van der Waals surface area contributed by atoms with E-state index in [1.807, 2.05) is 30.5 Å². The molecule has 0 fully saturated rings. The molecule has 0 aliphatic carbocycles. The van der Waals surface area contributed by atoms with Gasteiger partial charge in [0.2, 0.25) is 11.8 Å². The molecule has 0 saturated heterocycles. The van der Waals surface area contributed by atoms with Gasteiger partial charge in [-0.05, 0) is 18.1 Å². The largest absolute Gasteiger partial charge is 0.369 e. The minimum atomic E-state index is -0.637. The van der Waals surface area contributed by atoms with Gasteiger partial charge >= 0.3 is 0 Å². The summed E-state index contributed by atoms with van der Waals surface area (Å²) in [5.41, 5.74) is 7.11. The van der Waals surface area contributed by atoms with Crippen LogP contribution in [0.5, 0.6) is 0 Å². The molecule has 2 atom stereocenters. The Balaban J connectivity index is 1.94. The highest BCUT2D eigenvalue weighted by molar-refractivity contribution is 5.87. The lowest BCUT2D eigenvalue weighted by molar-refractivity contribution is -0.121. The molecule has 1 aromatic heterocycles. The van der Waals surface area contributed by atoms with E-state index < -0.39 is 17.9 Å². The SMILES string of the molecule is CC(C[CH]C(=O)NC(C#N)Cc1c[nH]c2ccccc12)C(N)=O. The monoisotopic (exact) mass is 311 g/mol. The maximum Gasteiger partial charge on any atom is 0.224 e. The number of rotatable bonds is 7. The van der Waals surface area contributed by atoms with E-state index in [1.54, 1.807) is 6.92 Å². The van der Waals surface area contributed by atoms with Gasteiger partial charge in [-0.2, -0.15) is 5.26 Å². The van der Waals surface area contributed by atoms with Gasteiger partial charge in [0, 0.05) is 29.4 Å². The summed E-state index contributed by atoms with van der Waals surface area (Å²) in [5, 5.41) is 12.9. The molecule has 0 aliphatic rings. The van der Waals surface area contributed by atoms with Crippen LogP contribution in [0.2, 0.25) is 0 Å². The number of primary amides is 1. The summed E-state index contributed by atoms with van der Waals surface area (Å²) in [6, 6.07) is 9.24. The fraction of sp³-hybridized carbons (Fsp3) is 0.294. The van der Waals surface area contributed by atoms with Crippen molar-refractivity contribution >= 4 is 22.7 Å². The summed E-state index contributed by atoms with van der Waals surface area (Å²) in [5.74, 6) is -1.23. The van der Waals surface area contributed by atoms with E-state index in [9.17, 15) is 14.9 Å². The maximum absolute atomic E-state index is 11.9. The first-order valence-corrected chi connectivity index (χ1v) is 7.39. The number of carbonyl (C=O) groups is 2. The molecule has 1 aromatic carbocycles. The molecule has 4 N–H and O–H groups in total. The summed E-state index contributed by atoms with van der Waals surface area (Å²) in [4.78, 5) is 25.9. The summed E-state index contributed by atoms with van der Waals surface area (Å²) in [7, 11) is 0. The fourth-order valence-corrected chi connectivity index (χ4v) is 2.28. The first kappa shape index (κ1) is 16.6. The maximum atomic E-state index is 11.9. The molecule has 0 spiro atoms. The third kappa shape index (κ3) is 4.33. The Kier molecular flexibility index (Phi) is 5.36. The van der Waals surface area contributed by atoms with Crippen molar-refractivity contribution in [1.82, 2.24) is 10.3 Å². The normalized spacial score (nSPS) is 13.2. The third-order valence-electron chi connectivity index (χ3n) is 3.71. The minimum absolute atomic E-state index is 0.256. The second kappa shape index (κ2) is 7.45. The number of aromatic amines is 1. The second-order valence-corrected chi connectivity index (χ2v) is 5.50. The number of hydrogen-bond donors (Lipinski definition) is 3. The molecule has 0 saturated carbocycles. The highest BCUT2D eigenvalue weighted by Crippen LogP contribution is 2.19. The van der Waals surface area contributed by atoms with Crippen molar-refractivity contribution in [2.45, 2.75) is 25.8 Å². The molecule has 2 unspecified atom stereocenters. The first-order chi connectivity index (χ1) is 11.0. The topological polar surface area (TPSA) is 112 Å². The van der Waals surface area contributed by atoms with Gasteiger partial charge in [0.25, 0.3) is 0 Å². The van der Waals surface area contributed by atoms with Gasteiger partial charge in [-0.25, -0.2) is 0 Å². The van der Waals surface area contributed by atoms with E-state index in [0.717, 1.165) is 16.5 Å². The highest BCUT2D eigenvalue weighted by atomic mass is 16.2. The van der Waals surface area contributed by atoms with Crippen LogP contribution < -0.4 is 11.1 Å². The lowest BCUT2D eigenvalue weighted by Gasteiger charge is -2.12. The number of nitrogens with zero attached hydrogens (tertiary/aromatic N) is 1. The number of amides is 2. The van der Waals surface area contributed by atoms with Crippen LogP contribution in [0.3, 0.4) is 0 Å². The smallest absolute Gasteiger partial charge is 0.224 e. The predicted octanol–water partition coefficient (Wildman–Crippen LogP) is 1.43. The third-order valence-corrected chi connectivity index (χ3v) is 3.71. The number of benzene rings is 1. The number of aromatic nitrogens is 1. The van der Waals surface area contributed by atoms with Gasteiger partial charge < -0.3 is 16.0 Å². The number of nitrogens with two attached hydrogens (primary N) is 1. The average Bonchev–Trinajstić information content (AvgIpc) is 2.95. The molecule has 23 heavy (non-hydrogen) atoms. The lowest BCUT2D eigenvalue weighted by Crippen LogP contribution is -2.36. The number of nitriles is 1. The van der Waals surface area contributed by atoms with E-state index >= 15 is 0 Å². The molecule has 2 amide bonds. The van der Waals surface area contributed by atoms with Crippen molar-refractivity contribution in [3.8, 4) is 6.07 Å². The predicted molar refractivity (Wildman–Crippen MR) is 86.8 cm³/mol. The van der Waals surface area contributed by atoms with Crippen LogP contribution in [0, 0.1) is 23.7 Å². The number of para-hydroxylation sites is 1. The van der Waals surface area contributed by atoms with Crippen molar-refractivity contribution < 1.29 is 9.59 Å². The van der Waals surface area contributed by atoms with Crippen LogP contribution in [0.1, 0.15) is 18.9 Å². The molecule has 2 aromatic rings. The van der Waals surface area contributed by atoms with Gasteiger partial charge in [-0.1, -0.05) is 25.1 Å². The number of fused-ring (bicyclic) bond motifs is 1. The van der Waals surface area contributed by atoms with Crippen LogP contribution in [0.25, 0.3) is 10.9 Å². The number of H-pyrrole nitrogens is 1. The van der Waals surface area contributed by atoms with Gasteiger partial charge in [0.15, 0.2) is 0 Å². The van der Waals surface area contributed by atoms with E-state index in [0.29, 0.717) is 6.42 Å². The van der Waals surface area contributed by atoms with Crippen LogP contribution in [-0.2, 0) is 16.0 Å². The Morgan fingerprint density at radius 2 is 2.17 bits per heavy atom. The van der Waals surface area contributed by atoms with Crippen LogP contribution in [-0.4, -0.2) is 22.8 Å². The first-order valence-electron chi connectivity index (χ1n) is 7.39. The number of nitrogens with one attached hydrogen (secondary N) is 2. The summed E-state index contributed by atoms with van der Waals surface area (Å²) in [6.45, 7) is 1.65. The molecular formula is C17H19N4O2. The van der Waals surface area contributed by atoms with Crippen molar-refractivity contribution in [3.05, 3.63) is 42.4 Å². The zero-order valence-corrected chi connectivity index (χ0v) is 12.9. The van der Waals surface area contributed by atoms with Crippen molar-refractivity contribution in [3.63, 3.8) is 0 Å². The molecule has 1 heterocycles. The van der Waals surface area contributed by atoms with Gasteiger partial charge in [-0.15, -0.1) is 0 Å². The van der Waals surface area contributed by atoms with Crippen LogP contribution in [0.15, 0.2) is 30.5 Å². The van der Waals surface area contributed by atoms with Crippen molar-refractivity contribution in [2.75, 3.05) is 0 Å². The quantitative estimate of drug-likeness (QED) is 0.719. The Morgan fingerprint density at radius 1 is 1.43 bits per heavy atom. The molecule has 6 heteroatoms. The number of carbonyl (C=O) groups excluding carboxylic acids is 2. The Morgan fingerprint density at radius 3 is 2.87 bits per heavy atom. The standard InChI is InChI=1S/C17H19N4O2/c1-11(17(19)23)6-7-16(22)21-13(9-18)8-12-10-20-15-5-3-2-4-14(12)15/h2-5,7,10-11,13,20H,6,8H2,1H3,(H2,19,23)(H,21,22). The molecular weight excluding hydrogens is 292 g/mol. The van der Waals surface area contributed by atoms with Crippen molar-refractivity contribution in [2.24, 2.45) is 11.7 Å². The average molecular weight is 311 g/mol. The molecule has 1 radical (unpaired) electrons. The second-order valence-electron chi connectivity index (χ2n) is 5.50. The lowest BCUT2D eigenvalue weighted by atomic mass is 10.0. The van der Waals surface area contributed by atoms with E-state index in [-0.39, 0.29) is 12.3 Å². The van der Waals surface area contributed by atoms with Crippen LogP contribution >= 0.6 is 0 Å².